The number of aromatic nitrogens is 1. The molecule has 0 radical (unpaired) electrons. The second-order valence-electron chi connectivity index (χ2n) is 9.08. The monoisotopic (exact) mass is 443 g/mol. The van der Waals surface area contributed by atoms with Crippen molar-refractivity contribution in [2.24, 2.45) is 0 Å². The van der Waals surface area contributed by atoms with E-state index in [1.165, 1.54) is 11.1 Å². The predicted octanol–water partition coefficient (Wildman–Crippen LogP) is 5.60. The minimum atomic E-state index is -0.00452. The van der Waals surface area contributed by atoms with Crippen molar-refractivity contribution in [3.05, 3.63) is 77.4 Å². The maximum atomic E-state index is 12.4. The molecule has 5 heteroatoms. The summed E-state index contributed by atoms with van der Waals surface area (Å²) < 4.78 is 5.45. The summed E-state index contributed by atoms with van der Waals surface area (Å²) in [7, 11) is 1.65. The van der Waals surface area contributed by atoms with Gasteiger partial charge in [-0.05, 0) is 30.0 Å². The Morgan fingerprint density at radius 3 is 2.30 bits per heavy atom. The minimum absolute atomic E-state index is 0.00452. The number of piperazine rings is 1. The van der Waals surface area contributed by atoms with Crippen LogP contribution in [0.2, 0.25) is 0 Å². The van der Waals surface area contributed by atoms with Crippen LogP contribution in [0.25, 0.3) is 11.3 Å². The van der Waals surface area contributed by atoms with Crippen LogP contribution in [0.1, 0.15) is 49.4 Å². The second-order valence-corrected chi connectivity index (χ2v) is 9.08. The van der Waals surface area contributed by atoms with Gasteiger partial charge in [0.15, 0.2) is 0 Å². The van der Waals surface area contributed by atoms with E-state index in [4.69, 9.17) is 9.72 Å². The molecular weight excluding hydrogens is 410 g/mol. The molecule has 1 aromatic heterocycles. The molecule has 33 heavy (non-hydrogen) atoms. The summed E-state index contributed by atoms with van der Waals surface area (Å²) in [6.07, 6.45) is 0. The van der Waals surface area contributed by atoms with Crippen LogP contribution < -0.4 is 9.64 Å². The Labute approximate surface area is 197 Å². The highest BCUT2D eigenvalue weighted by Crippen LogP contribution is 2.36. The number of rotatable bonds is 5. The zero-order valence-corrected chi connectivity index (χ0v) is 20.2. The van der Waals surface area contributed by atoms with Gasteiger partial charge < -0.3 is 14.5 Å². The van der Waals surface area contributed by atoms with Crippen molar-refractivity contribution in [2.75, 3.05) is 31.6 Å². The first-order valence-electron chi connectivity index (χ1n) is 11.6. The summed E-state index contributed by atoms with van der Waals surface area (Å²) >= 11 is 0. The normalized spacial score (nSPS) is 16.2. The molecule has 2 aromatic carbocycles. The summed E-state index contributed by atoms with van der Waals surface area (Å²) in [4.78, 5) is 21.6. The summed E-state index contributed by atoms with van der Waals surface area (Å²) in [6, 6.07) is 21.1. The first kappa shape index (κ1) is 22.8. The fourth-order valence-electron chi connectivity index (χ4n) is 4.49. The summed E-state index contributed by atoms with van der Waals surface area (Å²) in [5, 5.41) is 0. The number of pyridine rings is 1. The smallest absolute Gasteiger partial charge is 0.220 e. The molecule has 5 nitrogen and oxygen atoms in total. The third kappa shape index (κ3) is 4.87. The van der Waals surface area contributed by atoms with E-state index in [2.05, 4.69) is 80.3 Å². The number of hydrogen-bond donors (Lipinski definition) is 0. The zero-order chi connectivity index (χ0) is 23.5. The number of amides is 1. The summed E-state index contributed by atoms with van der Waals surface area (Å²) in [5.41, 5.74) is 6.71. The summed E-state index contributed by atoms with van der Waals surface area (Å²) in [5.74, 6) is 1.18. The third-order valence-electron chi connectivity index (χ3n) is 6.50. The van der Waals surface area contributed by atoms with Crippen molar-refractivity contribution in [1.29, 1.82) is 0 Å². The Morgan fingerprint density at radius 1 is 1.00 bits per heavy atom. The Bertz CT molecular complexity index is 1110. The van der Waals surface area contributed by atoms with Crippen molar-refractivity contribution >= 4 is 11.6 Å². The van der Waals surface area contributed by atoms with Crippen LogP contribution in [-0.2, 0) is 4.79 Å². The molecule has 0 spiro atoms. The zero-order valence-electron chi connectivity index (χ0n) is 20.2. The van der Waals surface area contributed by atoms with E-state index in [1.54, 1.807) is 14.0 Å². The molecule has 0 bridgehead atoms. The van der Waals surface area contributed by atoms with Gasteiger partial charge in [-0.2, -0.15) is 0 Å². The van der Waals surface area contributed by atoms with Crippen LogP contribution in [0.15, 0.2) is 60.7 Å². The standard InChI is InChI=1S/C28H33N3O2/c1-19(2)22-10-12-24(13-11-22)28-25(14-15-27(29-28)33-5)30-16-17-31(21(4)32)26(18-30)23-8-6-20(3)7-9-23/h6-15,19,26H,16-18H2,1-5H3. The van der Waals surface area contributed by atoms with Crippen LogP contribution in [0.4, 0.5) is 5.69 Å². The highest BCUT2D eigenvalue weighted by atomic mass is 16.5. The van der Waals surface area contributed by atoms with Gasteiger partial charge >= 0.3 is 0 Å². The Morgan fingerprint density at radius 2 is 1.70 bits per heavy atom. The maximum absolute atomic E-state index is 12.4. The fraction of sp³-hybridized carbons (Fsp3) is 0.357. The minimum Gasteiger partial charge on any atom is -0.481 e. The molecule has 1 amide bonds. The SMILES string of the molecule is COc1ccc(N2CCN(C(C)=O)C(c3ccc(C)cc3)C2)c(-c2ccc(C(C)C)cc2)n1. The molecule has 0 N–H and O–H groups in total. The van der Waals surface area contributed by atoms with Crippen molar-refractivity contribution in [1.82, 2.24) is 9.88 Å². The van der Waals surface area contributed by atoms with Crippen molar-refractivity contribution in [2.45, 2.75) is 39.7 Å². The van der Waals surface area contributed by atoms with Gasteiger partial charge in [0.2, 0.25) is 11.8 Å². The number of hydrogen-bond acceptors (Lipinski definition) is 4. The molecule has 1 fully saturated rings. The number of aryl methyl sites for hydroxylation is 1. The molecule has 1 aliphatic rings. The Hall–Kier alpha value is -3.34. The van der Waals surface area contributed by atoms with Gasteiger partial charge in [0, 0.05) is 38.2 Å². The maximum Gasteiger partial charge on any atom is 0.220 e. The van der Waals surface area contributed by atoms with Crippen LogP contribution in [-0.4, -0.2) is 42.5 Å². The van der Waals surface area contributed by atoms with E-state index in [9.17, 15) is 4.79 Å². The lowest BCUT2D eigenvalue weighted by molar-refractivity contribution is -0.131. The second kappa shape index (κ2) is 9.65. The van der Waals surface area contributed by atoms with E-state index in [0.717, 1.165) is 29.1 Å². The number of benzene rings is 2. The fourth-order valence-corrected chi connectivity index (χ4v) is 4.49. The van der Waals surface area contributed by atoms with Gasteiger partial charge in [-0.25, -0.2) is 4.98 Å². The molecule has 1 atom stereocenters. The van der Waals surface area contributed by atoms with Crippen LogP contribution >= 0.6 is 0 Å². The highest BCUT2D eigenvalue weighted by Gasteiger charge is 2.31. The first-order chi connectivity index (χ1) is 15.9. The van der Waals surface area contributed by atoms with E-state index in [-0.39, 0.29) is 11.9 Å². The average molecular weight is 444 g/mol. The van der Waals surface area contributed by atoms with Crippen LogP contribution in [0.3, 0.4) is 0 Å². The van der Waals surface area contributed by atoms with Gasteiger partial charge in [0.1, 0.15) is 0 Å². The van der Waals surface area contributed by atoms with Crippen molar-refractivity contribution in [3.8, 4) is 17.1 Å². The number of ether oxygens (including phenoxy) is 1. The van der Waals surface area contributed by atoms with Crippen LogP contribution in [0, 0.1) is 6.92 Å². The van der Waals surface area contributed by atoms with E-state index < -0.39 is 0 Å². The molecular formula is C28H33N3O2. The average Bonchev–Trinajstić information content (AvgIpc) is 2.83. The lowest BCUT2D eigenvalue weighted by Gasteiger charge is -2.42. The van der Waals surface area contributed by atoms with E-state index >= 15 is 0 Å². The van der Waals surface area contributed by atoms with Gasteiger partial charge in [0.05, 0.1) is 24.5 Å². The largest absolute Gasteiger partial charge is 0.481 e. The molecule has 1 unspecified atom stereocenters. The van der Waals surface area contributed by atoms with Crippen molar-refractivity contribution < 1.29 is 9.53 Å². The number of carbonyl (C=O) groups excluding carboxylic acids is 1. The van der Waals surface area contributed by atoms with Gasteiger partial charge in [-0.15, -0.1) is 0 Å². The van der Waals surface area contributed by atoms with E-state index in [1.807, 2.05) is 11.0 Å². The first-order valence-corrected chi connectivity index (χ1v) is 11.6. The Balaban J connectivity index is 1.72. The highest BCUT2D eigenvalue weighted by molar-refractivity contribution is 5.77. The number of anilines is 1. The van der Waals surface area contributed by atoms with Gasteiger partial charge in [-0.3, -0.25) is 4.79 Å². The molecule has 0 saturated carbocycles. The lowest BCUT2D eigenvalue weighted by atomic mass is 9.98. The Kier molecular flexibility index (Phi) is 6.68. The van der Waals surface area contributed by atoms with Crippen LogP contribution in [0.5, 0.6) is 5.88 Å². The molecule has 1 aliphatic heterocycles. The third-order valence-corrected chi connectivity index (χ3v) is 6.50. The molecule has 0 aliphatic carbocycles. The molecule has 172 valence electrons. The molecule has 3 aromatic rings. The quantitative estimate of drug-likeness (QED) is 0.515. The summed E-state index contributed by atoms with van der Waals surface area (Å²) in [6.45, 7) is 10.3. The van der Waals surface area contributed by atoms with Crippen molar-refractivity contribution in [3.63, 3.8) is 0 Å². The predicted molar refractivity (Wildman–Crippen MR) is 134 cm³/mol. The molecule has 4 rings (SSSR count). The number of nitrogens with zero attached hydrogens (tertiary/aromatic N) is 3. The van der Waals surface area contributed by atoms with Gasteiger partial charge in [0.25, 0.3) is 0 Å². The van der Waals surface area contributed by atoms with Gasteiger partial charge in [-0.1, -0.05) is 67.9 Å². The topological polar surface area (TPSA) is 45.7 Å². The number of methoxy groups -OCH3 is 1. The molecule has 2 heterocycles. The molecule has 1 saturated heterocycles. The number of carbonyl (C=O) groups is 1. The lowest BCUT2D eigenvalue weighted by Crippen LogP contribution is -2.50. The van der Waals surface area contributed by atoms with E-state index in [0.29, 0.717) is 24.9 Å².